The minimum atomic E-state index is -0.787. The molecule has 2 rings (SSSR count). The van der Waals surface area contributed by atoms with Crippen LogP contribution in [0.25, 0.3) is 0 Å². The van der Waals surface area contributed by atoms with Crippen LogP contribution in [0.1, 0.15) is 0 Å². The van der Waals surface area contributed by atoms with Crippen molar-refractivity contribution in [1.82, 2.24) is 10.6 Å². The van der Waals surface area contributed by atoms with Crippen LogP contribution in [0.15, 0.2) is 17.1 Å². The van der Waals surface area contributed by atoms with Gasteiger partial charge in [0.2, 0.25) is 5.75 Å². The van der Waals surface area contributed by atoms with Crippen molar-refractivity contribution in [3.63, 3.8) is 0 Å². The highest BCUT2D eigenvalue weighted by Crippen LogP contribution is 2.39. The number of nitrogens with zero attached hydrogens (tertiary/aromatic N) is 1. The highest BCUT2D eigenvalue weighted by atomic mass is 16.5. The van der Waals surface area contributed by atoms with Crippen LogP contribution < -0.4 is 30.2 Å². The molecule has 0 unspecified atom stereocenters. The number of benzene rings is 1. The van der Waals surface area contributed by atoms with E-state index in [1.54, 1.807) is 0 Å². The Kier molecular flexibility index (Phi) is 5.20. The summed E-state index contributed by atoms with van der Waals surface area (Å²) in [5.41, 5.74) is 0.221. The molecule has 0 radical (unpaired) electrons. The zero-order valence-corrected chi connectivity index (χ0v) is 13.3. The van der Waals surface area contributed by atoms with Gasteiger partial charge in [0.25, 0.3) is 5.91 Å². The molecule has 24 heavy (non-hydrogen) atoms. The van der Waals surface area contributed by atoms with E-state index in [0.717, 1.165) is 0 Å². The molecule has 128 valence electrons. The van der Waals surface area contributed by atoms with Gasteiger partial charge >= 0.3 is 12.1 Å². The number of urea groups is 2. The smallest absolute Gasteiger partial charge is 0.345 e. The van der Waals surface area contributed by atoms with Gasteiger partial charge in [-0.2, -0.15) is 4.99 Å². The summed E-state index contributed by atoms with van der Waals surface area (Å²) in [7, 11) is 4.34. The lowest BCUT2D eigenvalue weighted by Crippen LogP contribution is -2.53. The Morgan fingerprint density at radius 3 is 2.25 bits per heavy atom. The van der Waals surface area contributed by atoms with Crippen molar-refractivity contribution in [2.24, 2.45) is 4.99 Å². The maximum atomic E-state index is 12.0. The first-order valence-electron chi connectivity index (χ1n) is 6.76. The number of hydrogen-bond acceptors (Lipinski definition) is 6. The second kappa shape index (κ2) is 7.31. The summed E-state index contributed by atoms with van der Waals surface area (Å²) >= 11 is 0. The SMILES string of the molecule is COc1cc(NC(=O)N=C2CNC(=O)NC2=O)cc(OC)c1OC. The summed E-state index contributed by atoms with van der Waals surface area (Å²) in [6, 6.07) is 1.61. The van der Waals surface area contributed by atoms with Crippen LogP contribution in [0.2, 0.25) is 0 Å². The molecule has 5 amide bonds. The highest BCUT2D eigenvalue weighted by molar-refractivity contribution is 6.45. The molecule has 3 N–H and O–H groups in total. The monoisotopic (exact) mass is 336 g/mol. The van der Waals surface area contributed by atoms with Gasteiger partial charge in [-0.15, -0.1) is 0 Å². The van der Waals surface area contributed by atoms with E-state index in [9.17, 15) is 14.4 Å². The summed E-state index contributed by atoms with van der Waals surface area (Å²) < 4.78 is 15.5. The fourth-order valence-corrected chi connectivity index (χ4v) is 1.98. The topological polar surface area (TPSA) is 127 Å². The first kappa shape index (κ1) is 17.1. The molecule has 10 heteroatoms. The van der Waals surface area contributed by atoms with Crippen molar-refractivity contribution in [1.29, 1.82) is 0 Å². The Labute approximate surface area is 137 Å². The number of carbonyl (C=O) groups excluding carboxylic acids is 3. The Bertz CT molecular complexity index is 690. The molecule has 1 aliphatic heterocycles. The van der Waals surface area contributed by atoms with Crippen molar-refractivity contribution in [3.05, 3.63) is 12.1 Å². The Morgan fingerprint density at radius 1 is 1.12 bits per heavy atom. The van der Waals surface area contributed by atoms with Crippen LogP contribution in [0, 0.1) is 0 Å². The van der Waals surface area contributed by atoms with Crippen LogP contribution in [0.4, 0.5) is 15.3 Å². The van der Waals surface area contributed by atoms with Gasteiger partial charge in [-0.3, -0.25) is 10.1 Å². The molecule has 1 heterocycles. The average molecular weight is 336 g/mol. The number of ether oxygens (including phenoxy) is 3. The van der Waals surface area contributed by atoms with E-state index in [0.29, 0.717) is 22.9 Å². The molecule has 0 saturated carbocycles. The van der Waals surface area contributed by atoms with Crippen LogP contribution in [-0.2, 0) is 4.79 Å². The average Bonchev–Trinajstić information content (AvgIpc) is 2.56. The van der Waals surface area contributed by atoms with Crippen LogP contribution in [0.5, 0.6) is 17.2 Å². The summed E-state index contributed by atoms with van der Waals surface area (Å²) in [5, 5.41) is 6.83. The number of amides is 5. The first-order valence-corrected chi connectivity index (χ1v) is 6.76. The van der Waals surface area contributed by atoms with Crippen molar-refractivity contribution in [3.8, 4) is 17.2 Å². The third kappa shape index (κ3) is 3.72. The van der Waals surface area contributed by atoms with Gasteiger partial charge in [-0.05, 0) is 0 Å². The normalized spacial score (nSPS) is 15.4. The van der Waals surface area contributed by atoms with Crippen LogP contribution in [-0.4, -0.2) is 51.6 Å². The standard InChI is InChI=1S/C14H16N4O6/c1-22-9-4-7(5-10(23-2)11(9)24-3)16-14(21)17-8-6-15-13(20)18-12(8)19/h4-5H,6H2,1-3H3,(H,16,21)(H2,15,18,19,20). The van der Waals surface area contributed by atoms with Crippen LogP contribution >= 0.6 is 0 Å². The van der Waals surface area contributed by atoms with Gasteiger partial charge in [0.15, 0.2) is 11.5 Å². The predicted molar refractivity (Wildman–Crippen MR) is 84.1 cm³/mol. The maximum absolute atomic E-state index is 12.0. The Balaban J connectivity index is 2.20. The van der Waals surface area contributed by atoms with E-state index < -0.39 is 18.0 Å². The van der Waals surface area contributed by atoms with Crippen molar-refractivity contribution >= 4 is 29.4 Å². The minimum Gasteiger partial charge on any atom is -0.493 e. The molecule has 0 aromatic heterocycles. The van der Waals surface area contributed by atoms with E-state index >= 15 is 0 Å². The number of methoxy groups -OCH3 is 3. The molecule has 0 aliphatic carbocycles. The lowest BCUT2D eigenvalue weighted by molar-refractivity contribution is -0.114. The quantitative estimate of drug-likeness (QED) is 0.736. The maximum Gasteiger partial charge on any atom is 0.345 e. The van der Waals surface area contributed by atoms with Gasteiger partial charge in [0.05, 0.1) is 33.6 Å². The van der Waals surface area contributed by atoms with Gasteiger partial charge in [0, 0.05) is 12.1 Å². The van der Waals surface area contributed by atoms with Gasteiger partial charge in [0.1, 0.15) is 5.71 Å². The second-order valence-electron chi connectivity index (χ2n) is 4.54. The van der Waals surface area contributed by atoms with E-state index in [1.165, 1.54) is 33.5 Å². The number of aliphatic imine (C=N–C) groups is 1. The molecule has 0 bridgehead atoms. The molecule has 0 atom stereocenters. The van der Waals surface area contributed by atoms with E-state index in [4.69, 9.17) is 14.2 Å². The molecule has 1 aromatic carbocycles. The predicted octanol–water partition coefficient (Wildman–Crippen LogP) is 0.525. The number of imide groups is 1. The third-order valence-electron chi connectivity index (χ3n) is 3.06. The highest BCUT2D eigenvalue weighted by Gasteiger charge is 2.22. The number of carbonyl (C=O) groups is 3. The molecular weight excluding hydrogens is 320 g/mol. The molecule has 10 nitrogen and oxygen atoms in total. The molecule has 0 spiro atoms. The molecule has 1 aromatic rings. The fraction of sp³-hybridized carbons (Fsp3) is 0.286. The number of anilines is 1. The van der Waals surface area contributed by atoms with Crippen molar-refractivity contribution in [2.45, 2.75) is 0 Å². The summed E-state index contributed by atoms with van der Waals surface area (Å²) in [6.45, 7) is -0.132. The number of nitrogens with one attached hydrogen (secondary N) is 3. The van der Waals surface area contributed by atoms with Gasteiger partial charge < -0.3 is 24.8 Å². The first-order chi connectivity index (χ1) is 11.5. The summed E-state index contributed by atoms with van der Waals surface area (Å²) in [6.07, 6.45) is 0. The second-order valence-corrected chi connectivity index (χ2v) is 4.54. The Hall–Kier alpha value is -3.30. The van der Waals surface area contributed by atoms with Gasteiger partial charge in [-0.1, -0.05) is 0 Å². The lowest BCUT2D eigenvalue weighted by atomic mass is 10.2. The molecule has 1 saturated heterocycles. The summed E-state index contributed by atoms with van der Waals surface area (Å²) in [4.78, 5) is 38.1. The molecule has 1 aliphatic rings. The minimum absolute atomic E-state index is 0.112. The van der Waals surface area contributed by atoms with Crippen LogP contribution in [0.3, 0.4) is 0 Å². The fourth-order valence-electron chi connectivity index (χ4n) is 1.98. The number of rotatable bonds is 4. The van der Waals surface area contributed by atoms with Crippen molar-refractivity contribution in [2.75, 3.05) is 33.2 Å². The summed E-state index contributed by atoms with van der Waals surface area (Å²) in [5.74, 6) is 0.349. The van der Waals surface area contributed by atoms with Crippen molar-refractivity contribution < 1.29 is 28.6 Å². The molecular formula is C14H16N4O6. The van der Waals surface area contributed by atoms with Gasteiger partial charge in [-0.25, -0.2) is 9.59 Å². The zero-order chi connectivity index (χ0) is 17.7. The van der Waals surface area contributed by atoms with E-state index in [1.807, 2.05) is 5.32 Å². The zero-order valence-electron chi connectivity index (χ0n) is 13.3. The largest absolute Gasteiger partial charge is 0.493 e. The third-order valence-corrected chi connectivity index (χ3v) is 3.06. The number of hydrogen-bond donors (Lipinski definition) is 3. The van der Waals surface area contributed by atoms with E-state index in [2.05, 4.69) is 15.6 Å². The molecule has 1 fully saturated rings. The van der Waals surface area contributed by atoms with E-state index in [-0.39, 0.29) is 12.3 Å². The lowest BCUT2D eigenvalue weighted by Gasteiger charge is -2.15. The Morgan fingerprint density at radius 2 is 1.75 bits per heavy atom.